The monoisotopic (exact) mass is 288 g/mol. The van der Waals surface area contributed by atoms with Gasteiger partial charge in [0.2, 0.25) is 0 Å². The third-order valence-electron chi connectivity index (χ3n) is 3.47. The summed E-state index contributed by atoms with van der Waals surface area (Å²) in [4.78, 5) is 5.56. The highest BCUT2D eigenvalue weighted by atomic mass is 32.1. The van der Waals surface area contributed by atoms with Crippen LogP contribution in [0.2, 0.25) is 0 Å². The maximum atomic E-state index is 4.17. The molecule has 1 aromatic heterocycles. The maximum absolute atomic E-state index is 4.17. The first kappa shape index (κ1) is 15.2. The molecule has 1 atom stereocenters. The van der Waals surface area contributed by atoms with Crippen molar-refractivity contribution in [2.75, 3.05) is 6.54 Å². The molecule has 3 heteroatoms. The summed E-state index contributed by atoms with van der Waals surface area (Å²) in [5.74, 6) is 0. The number of thiazole rings is 1. The Morgan fingerprint density at radius 2 is 2.10 bits per heavy atom. The molecule has 2 nitrogen and oxygen atoms in total. The zero-order valence-corrected chi connectivity index (χ0v) is 13.0. The second kappa shape index (κ2) is 8.88. The molecule has 0 bridgehead atoms. The molecule has 0 spiro atoms. The number of nitrogens with one attached hydrogen (secondary N) is 1. The Morgan fingerprint density at radius 1 is 1.25 bits per heavy atom. The largest absolute Gasteiger partial charge is 0.314 e. The number of hydrogen-bond acceptors (Lipinski definition) is 3. The standard InChI is InChI=1S/C17H24N2S/c1-2-11-19-16(12-17-13-18-14-20-17)10-6-9-15-7-4-3-5-8-15/h3-5,7-8,13-14,16,19H,2,6,9-12H2,1H3. The molecule has 1 aromatic carbocycles. The van der Waals surface area contributed by atoms with Crippen molar-refractivity contribution in [2.45, 2.75) is 45.1 Å². The van der Waals surface area contributed by atoms with Gasteiger partial charge in [0.1, 0.15) is 0 Å². The van der Waals surface area contributed by atoms with Gasteiger partial charge >= 0.3 is 0 Å². The van der Waals surface area contributed by atoms with Gasteiger partial charge in [-0.2, -0.15) is 0 Å². The lowest BCUT2D eigenvalue weighted by Crippen LogP contribution is -2.31. The normalized spacial score (nSPS) is 12.4. The number of aryl methyl sites for hydroxylation is 1. The van der Waals surface area contributed by atoms with Crippen molar-refractivity contribution in [3.63, 3.8) is 0 Å². The first-order valence-corrected chi connectivity index (χ1v) is 8.41. The molecule has 0 fully saturated rings. The van der Waals surface area contributed by atoms with Crippen LogP contribution in [0.25, 0.3) is 0 Å². The minimum atomic E-state index is 0.583. The smallest absolute Gasteiger partial charge is 0.0794 e. The van der Waals surface area contributed by atoms with Gasteiger partial charge in [-0.3, -0.25) is 4.98 Å². The molecule has 20 heavy (non-hydrogen) atoms. The van der Waals surface area contributed by atoms with Crippen LogP contribution >= 0.6 is 11.3 Å². The number of rotatable bonds is 9. The molecule has 2 aromatic rings. The molecule has 0 saturated heterocycles. The predicted octanol–water partition coefficient (Wildman–Crippen LogP) is 4.08. The van der Waals surface area contributed by atoms with Gasteiger partial charge in [0.15, 0.2) is 0 Å². The minimum absolute atomic E-state index is 0.583. The van der Waals surface area contributed by atoms with Crippen molar-refractivity contribution in [2.24, 2.45) is 0 Å². The molecule has 0 radical (unpaired) electrons. The van der Waals surface area contributed by atoms with E-state index in [0.717, 1.165) is 13.0 Å². The summed E-state index contributed by atoms with van der Waals surface area (Å²) in [6, 6.07) is 11.4. The molecule has 0 saturated carbocycles. The average molecular weight is 288 g/mol. The van der Waals surface area contributed by atoms with Crippen molar-refractivity contribution in [3.8, 4) is 0 Å². The molecule has 0 aliphatic heterocycles. The quantitative estimate of drug-likeness (QED) is 0.752. The second-order valence-electron chi connectivity index (χ2n) is 5.20. The Morgan fingerprint density at radius 3 is 2.80 bits per heavy atom. The highest BCUT2D eigenvalue weighted by Gasteiger charge is 2.09. The van der Waals surface area contributed by atoms with E-state index in [4.69, 9.17) is 0 Å². The van der Waals surface area contributed by atoms with E-state index < -0.39 is 0 Å². The molecule has 1 unspecified atom stereocenters. The number of nitrogens with zero attached hydrogens (tertiary/aromatic N) is 1. The number of benzene rings is 1. The van der Waals surface area contributed by atoms with Crippen LogP contribution in [0, 0.1) is 0 Å². The van der Waals surface area contributed by atoms with E-state index in [1.807, 2.05) is 11.7 Å². The summed E-state index contributed by atoms with van der Waals surface area (Å²) in [7, 11) is 0. The van der Waals surface area contributed by atoms with Crippen LogP contribution in [0.5, 0.6) is 0 Å². The number of aromatic nitrogens is 1. The van der Waals surface area contributed by atoms with Crippen LogP contribution in [0.1, 0.15) is 36.6 Å². The second-order valence-corrected chi connectivity index (χ2v) is 6.17. The molecule has 1 heterocycles. The summed E-state index contributed by atoms with van der Waals surface area (Å²) in [5, 5.41) is 3.67. The molecule has 0 aliphatic rings. The molecular formula is C17H24N2S. The summed E-state index contributed by atoms with van der Waals surface area (Å²) in [5.41, 5.74) is 3.37. The van der Waals surface area contributed by atoms with Crippen molar-refractivity contribution in [1.29, 1.82) is 0 Å². The number of hydrogen-bond donors (Lipinski definition) is 1. The SMILES string of the molecule is CCCNC(CCCc1ccccc1)Cc1cncs1. The van der Waals surface area contributed by atoms with Gasteiger partial charge in [-0.15, -0.1) is 11.3 Å². The summed E-state index contributed by atoms with van der Waals surface area (Å²) >= 11 is 1.76. The van der Waals surface area contributed by atoms with E-state index >= 15 is 0 Å². The Bertz CT molecular complexity index is 453. The van der Waals surface area contributed by atoms with Gasteiger partial charge < -0.3 is 5.32 Å². The van der Waals surface area contributed by atoms with E-state index in [0.29, 0.717) is 6.04 Å². The van der Waals surface area contributed by atoms with Crippen molar-refractivity contribution >= 4 is 11.3 Å². The van der Waals surface area contributed by atoms with E-state index in [1.54, 1.807) is 11.3 Å². The maximum Gasteiger partial charge on any atom is 0.0794 e. The van der Waals surface area contributed by atoms with E-state index in [9.17, 15) is 0 Å². The third kappa shape index (κ3) is 5.43. The Labute approximate surface area is 126 Å². The minimum Gasteiger partial charge on any atom is -0.314 e. The average Bonchev–Trinajstić information content (AvgIpc) is 2.98. The van der Waals surface area contributed by atoms with Crippen LogP contribution in [-0.4, -0.2) is 17.6 Å². The topological polar surface area (TPSA) is 24.9 Å². The van der Waals surface area contributed by atoms with Crippen molar-refractivity contribution < 1.29 is 0 Å². The van der Waals surface area contributed by atoms with Gasteiger partial charge in [0, 0.05) is 17.1 Å². The van der Waals surface area contributed by atoms with Crippen LogP contribution in [-0.2, 0) is 12.8 Å². The van der Waals surface area contributed by atoms with Crippen LogP contribution in [0.3, 0.4) is 0 Å². The molecule has 108 valence electrons. The van der Waals surface area contributed by atoms with E-state index in [2.05, 4.69) is 47.6 Å². The zero-order chi connectivity index (χ0) is 14.0. The predicted molar refractivity (Wildman–Crippen MR) is 87.3 cm³/mol. The van der Waals surface area contributed by atoms with Gasteiger partial charge in [0.25, 0.3) is 0 Å². The van der Waals surface area contributed by atoms with Gasteiger partial charge in [0.05, 0.1) is 5.51 Å². The molecule has 1 N–H and O–H groups in total. The fraction of sp³-hybridized carbons (Fsp3) is 0.471. The van der Waals surface area contributed by atoms with Gasteiger partial charge in [-0.1, -0.05) is 37.3 Å². The van der Waals surface area contributed by atoms with E-state index in [1.165, 1.54) is 36.1 Å². The fourth-order valence-electron chi connectivity index (χ4n) is 2.41. The third-order valence-corrected chi connectivity index (χ3v) is 4.28. The van der Waals surface area contributed by atoms with Gasteiger partial charge in [-0.25, -0.2) is 0 Å². The summed E-state index contributed by atoms with van der Waals surface area (Å²) in [6.07, 6.45) is 7.95. The first-order valence-electron chi connectivity index (χ1n) is 7.53. The molecule has 2 rings (SSSR count). The van der Waals surface area contributed by atoms with Crippen molar-refractivity contribution in [1.82, 2.24) is 10.3 Å². The van der Waals surface area contributed by atoms with Crippen molar-refractivity contribution in [3.05, 3.63) is 52.5 Å². The Hall–Kier alpha value is -1.19. The van der Waals surface area contributed by atoms with Crippen LogP contribution in [0.15, 0.2) is 42.0 Å². The zero-order valence-electron chi connectivity index (χ0n) is 12.2. The van der Waals surface area contributed by atoms with E-state index in [-0.39, 0.29) is 0 Å². The summed E-state index contributed by atoms with van der Waals surface area (Å²) < 4.78 is 0. The fourth-order valence-corrected chi connectivity index (χ4v) is 3.08. The first-order chi connectivity index (χ1) is 9.88. The van der Waals surface area contributed by atoms with Crippen LogP contribution < -0.4 is 5.32 Å². The Balaban J connectivity index is 1.78. The lowest BCUT2D eigenvalue weighted by molar-refractivity contribution is 0.466. The lowest BCUT2D eigenvalue weighted by atomic mass is 10.0. The molecule has 0 amide bonds. The lowest BCUT2D eigenvalue weighted by Gasteiger charge is -2.17. The van der Waals surface area contributed by atoms with Gasteiger partial charge in [-0.05, 0) is 44.2 Å². The highest BCUT2D eigenvalue weighted by molar-refractivity contribution is 7.09. The molecule has 0 aliphatic carbocycles. The molecular weight excluding hydrogens is 264 g/mol. The summed E-state index contributed by atoms with van der Waals surface area (Å²) in [6.45, 7) is 3.33. The Kier molecular flexibility index (Phi) is 6.75. The van der Waals surface area contributed by atoms with Crippen LogP contribution in [0.4, 0.5) is 0 Å². The highest BCUT2D eigenvalue weighted by Crippen LogP contribution is 2.13.